The van der Waals surface area contributed by atoms with Crippen molar-refractivity contribution in [3.8, 4) is 22.9 Å². The van der Waals surface area contributed by atoms with Gasteiger partial charge in [0.15, 0.2) is 0 Å². The number of hydrogen-bond acceptors (Lipinski definition) is 3. The van der Waals surface area contributed by atoms with E-state index in [-0.39, 0.29) is 0 Å². The molecule has 1 aliphatic rings. The first-order chi connectivity index (χ1) is 10.7. The third-order valence-electron chi connectivity index (χ3n) is 4.45. The van der Waals surface area contributed by atoms with Crippen molar-refractivity contribution in [3.05, 3.63) is 41.1 Å². The number of H-pyrrole nitrogens is 1. The Morgan fingerprint density at radius 1 is 1.32 bits per heavy atom. The van der Waals surface area contributed by atoms with Crippen LogP contribution in [0.2, 0.25) is 0 Å². The van der Waals surface area contributed by atoms with E-state index in [2.05, 4.69) is 18.0 Å². The van der Waals surface area contributed by atoms with Gasteiger partial charge in [-0.1, -0.05) is 19.1 Å². The van der Waals surface area contributed by atoms with Crippen LogP contribution >= 0.6 is 0 Å². The molecule has 0 radical (unpaired) electrons. The molecule has 0 fully saturated rings. The first-order valence-corrected chi connectivity index (χ1v) is 7.57. The van der Waals surface area contributed by atoms with E-state index in [1.54, 1.807) is 7.11 Å². The van der Waals surface area contributed by atoms with Gasteiger partial charge in [0.05, 0.1) is 7.11 Å². The molecule has 0 saturated carbocycles. The molecule has 0 saturated heterocycles. The Balaban J connectivity index is 2.28. The highest BCUT2D eigenvalue weighted by atomic mass is 16.5. The SMILES string of the molecule is COc1ccc(-c2c(C#N)c(N)[nH+]c3c2[C@@H](C)CCC3)cc1. The molecular formula is C18H20N3O+. The van der Waals surface area contributed by atoms with E-state index in [0.717, 1.165) is 36.1 Å². The Bertz CT molecular complexity index is 744. The number of nitrogens with one attached hydrogen (secondary N) is 1. The molecule has 1 aromatic carbocycles. The molecule has 3 rings (SSSR count). The first-order valence-electron chi connectivity index (χ1n) is 7.57. The molecule has 112 valence electrons. The minimum Gasteiger partial charge on any atom is -0.497 e. The van der Waals surface area contributed by atoms with Crippen molar-refractivity contribution in [1.82, 2.24) is 0 Å². The van der Waals surface area contributed by atoms with Crippen molar-refractivity contribution >= 4 is 5.82 Å². The van der Waals surface area contributed by atoms with Crippen LogP contribution in [-0.2, 0) is 6.42 Å². The van der Waals surface area contributed by atoms with Crippen molar-refractivity contribution in [2.75, 3.05) is 12.8 Å². The summed E-state index contributed by atoms with van der Waals surface area (Å²) in [4.78, 5) is 3.24. The highest BCUT2D eigenvalue weighted by Crippen LogP contribution is 2.40. The molecule has 0 aliphatic heterocycles. The number of benzene rings is 1. The van der Waals surface area contributed by atoms with Gasteiger partial charge >= 0.3 is 0 Å². The topological polar surface area (TPSA) is 73.2 Å². The van der Waals surface area contributed by atoms with Gasteiger partial charge in [-0.25, -0.2) is 4.98 Å². The van der Waals surface area contributed by atoms with E-state index in [9.17, 15) is 5.26 Å². The summed E-state index contributed by atoms with van der Waals surface area (Å²) >= 11 is 0. The lowest BCUT2D eigenvalue weighted by atomic mass is 9.80. The monoisotopic (exact) mass is 294 g/mol. The van der Waals surface area contributed by atoms with E-state index in [1.807, 2.05) is 24.3 Å². The van der Waals surface area contributed by atoms with Gasteiger partial charge in [0.2, 0.25) is 0 Å². The number of aryl methyl sites for hydroxylation is 1. The number of aromatic amines is 1. The van der Waals surface area contributed by atoms with E-state index in [4.69, 9.17) is 10.5 Å². The fraction of sp³-hybridized carbons (Fsp3) is 0.333. The number of nitrogens with zero attached hydrogens (tertiary/aromatic N) is 1. The number of pyridine rings is 1. The van der Waals surface area contributed by atoms with Gasteiger partial charge in [0, 0.05) is 17.5 Å². The summed E-state index contributed by atoms with van der Waals surface area (Å²) < 4.78 is 5.22. The fourth-order valence-corrected chi connectivity index (χ4v) is 3.36. The second-order valence-electron chi connectivity index (χ2n) is 5.81. The zero-order chi connectivity index (χ0) is 15.7. The molecule has 0 bridgehead atoms. The standard InChI is InChI=1S/C18H19N3O/c1-11-4-3-5-15-16(11)17(14(10-19)18(20)21-15)12-6-8-13(22-2)9-7-12/h6-9,11H,3-5H2,1-2H3,(H2,20,21)/p+1/t11-/m0/s1. The molecule has 1 heterocycles. The van der Waals surface area contributed by atoms with Crippen LogP contribution in [0.1, 0.15) is 42.5 Å². The Labute approximate surface area is 130 Å². The predicted octanol–water partition coefficient (Wildman–Crippen LogP) is 3.07. The van der Waals surface area contributed by atoms with E-state index in [1.165, 1.54) is 11.3 Å². The summed E-state index contributed by atoms with van der Waals surface area (Å²) in [6, 6.07) is 10.1. The number of methoxy groups -OCH3 is 1. The molecule has 4 nitrogen and oxygen atoms in total. The zero-order valence-electron chi connectivity index (χ0n) is 12.9. The van der Waals surface area contributed by atoms with Crippen LogP contribution in [0.15, 0.2) is 24.3 Å². The van der Waals surface area contributed by atoms with Crippen molar-refractivity contribution < 1.29 is 9.72 Å². The van der Waals surface area contributed by atoms with Crippen molar-refractivity contribution in [3.63, 3.8) is 0 Å². The van der Waals surface area contributed by atoms with Crippen LogP contribution in [0.3, 0.4) is 0 Å². The average Bonchev–Trinajstić information content (AvgIpc) is 2.54. The van der Waals surface area contributed by atoms with Crippen LogP contribution in [-0.4, -0.2) is 7.11 Å². The molecule has 1 atom stereocenters. The average molecular weight is 294 g/mol. The maximum absolute atomic E-state index is 9.57. The number of ether oxygens (including phenoxy) is 1. The molecule has 4 heteroatoms. The fourth-order valence-electron chi connectivity index (χ4n) is 3.36. The molecule has 0 spiro atoms. The van der Waals surface area contributed by atoms with Crippen molar-refractivity contribution in [2.45, 2.75) is 32.1 Å². The van der Waals surface area contributed by atoms with Gasteiger partial charge in [-0.05, 0) is 36.5 Å². The van der Waals surface area contributed by atoms with E-state index in [0.29, 0.717) is 17.3 Å². The molecule has 3 N–H and O–H groups in total. The summed E-state index contributed by atoms with van der Waals surface area (Å²) in [5.74, 6) is 1.69. The highest BCUT2D eigenvalue weighted by molar-refractivity contribution is 5.78. The Hall–Kier alpha value is -2.54. The lowest BCUT2D eigenvalue weighted by Gasteiger charge is -2.24. The number of rotatable bonds is 2. The quantitative estimate of drug-likeness (QED) is 0.925. The molecule has 1 aromatic heterocycles. The first kappa shape index (κ1) is 14.4. The molecule has 0 unspecified atom stereocenters. The number of nitriles is 1. The zero-order valence-corrected chi connectivity index (χ0v) is 12.9. The predicted molar refractivity (Wildman–Crippen MR) is 85.5 cm³/mol. The lowest BCUT2D eigenvalue weighted by Crippen LogP contribution is -2.25. The van der Waals surface area contributed by atoms with Gasteiger partial charge in [-0.3, -0.25) is 5.73 Å². The van der Waals surface area contributed by atoms with E-state index < -0.39 is 0 Å². The Morgan fingerprint density at radius 2 is 2.05 bits per heavy atom. The van der Waals surface area contributed by atoms with Gasteiger partial charge in [0.25, 0.3) is 5.82 Å². The summed E-state index contributed by atoms with van der Waals surface area (Å²) in [5.41, 5.74) is 11.0. The number of aromatic nitrogens is 1. The van der Waals surface area contributed by atoms with Gasteiger partial charge < -0.3 is 4.74 Å². The Morgan fingerprint density at radius 3 is 2.68 bits per heavy atom. The minimum atomic E-state index is 0.421. The summed E-state index contributed by atoms with van der Waals surface area (Å²) in [6.45, 7) is 2.22. The minimum absolute atomic E-state index is 0.421. The molecule has 0 amide bonds. The lowest BCUT2D eigenvalue weighted by molar-refractivity contribution is -0.374. The van der Waals surface area contributed by atoms with Gasteiger partial charge in [-0.2, -0.15) is 5.26 Å². The van der Waals surface area contributed by atoms with Crippen molar-refractivity contribution in [1.29, 1.82) is 5.26 Å². The van der Waals surface area contributed by atoms with Crippen LogP contribution < -0.4 is 15.5 Å². The highest BCUT2D eigenvalue weighted by Gasteiger charge is 2.28. The third-order valence-corrected chi connectivity index (χ3v) is 4.45. The third kappa shape index (κ3) is 2.29. The largest absolute Gasteiger partial charge is 0.497 e. The molecule has 22 heavy (non-hydrogen) atoms. The normalized spacial score (nSPS) is 16.7. The number of nitrogens with two attached hydrogens (primary N) is 1. The maximum Gasteiger partial charge on any atom is 0.289 e. The summed E-state index contributed by atoms with van der Waals surface area (Å²) in [5, 5.41) is 9.57. The van der Waals surface area contributed by atoms with Crippen LogP contribution in [0.4, 0.5) is 5.82 Å². The smallest absolute Gasteiger partial charge is 0.289 e. The van der Waals surface area contributed by atoms with E-state index >= 15 is 0 Å². The second kappa shape index (κ2) is 5.69. The molecule has 1 aliphatic carbocycles. The van der Waals surface area contributed by atoms with Crippen molar-refractivity contribution in [2.24, 2.45) is 0 Å². The summed E-state index contributed by atoms with van der Waals surface area (Å²) in [6.07, 6.45) is 3.27. The second-order valence-corrected chi connectivity index (χ2v) is 5.81. The van der Waals surface area contributed by atoms with Crippen LogP contribution in [0.5, 0.6) is 5.75 Å². The maximum atomic E-state index is 9.57. The van der Waals surface area contributed by atoms with Gasteiger partial charge in [0.1, 0.15) is 23.1 Å². The molecular weight excluding hydrogens is 274 g/mol. The molecule has 2 aromatic rings. The number of nitrogen functional groups attached to an aromatic ring is 1. The number of fused-ring (bicyclic) bond motifs is 1. The number of anilines is 1. The van der Waals surface area contributed by atoms with Crippen LogP contribution in [0.25, 0.3) is 11.1 Å². The Kier molecular flexibility index (Phi) is 3.72. The summed E-state index contributed by atoms with van der Waals surface area (Å²) in [7, 11) is 1.65. The van der Waals surface area contributed by atoms with Crippen LogP contribution in [0, 0.1) is 11.3 Å². The number of hydrogen-bond donors (Lipinski definition) is 1. The van der Waals surface area contributed by atoms with Gasteiger partial charge in [-0.15, -0.1) is 0 Å².